The molecule has 0 aliphatic heterocycles. The van der Waals surface area contributed by atoms with E-state index in [9.17, 15) is 0 Å². The Kier molecular flexibility index (Phi) is 5.30. The summed E-state index contributed by atoms with van der Waals surface area (Å²) in [6.07, 6.45) is 16.9. The van der Waals surface area contributed by atoms with Gasteiger partial charge in [-0.2, -0.15) is 0 Å². The van der Waals surface area contributed by atoms with Crippen molar-refractivity contribution in [3.05, 3.63) is 106 Å². The Balaban J connectivity index is 1.77. The van der Waals surface area contributed by atoms with Crippen LogP contribution in [0.4, 0.5) is 0 Å². The predicted molar refractivity (Wildman–Crippen MR) is 134 cm³/mol. The van der Waals surface area contributed by atoms with E-state index in [1.807, 2.05) is 0 Å². The molecule has 1 aromatic rings. The molecule has 0 saturated heterocycles. The Bertz CT molecular complexity index is 1020. The normalized spacial score (nSPS) is 26.4. The van der Waals surface area contributed by atoms with Gasteiger partial charge in [0, 0.05) is 11.5 Å². The Morgan fingerprint density at radius 3 is 2.23 bits per heavy atom. The molecule has 1 heteroatoms. The van der Waals surface area contributed by atoms with E-state index >= 15 is 0 Å². The van der Waals surface area contributed by atoms with Gasteiger partial charge in [0.2, 0.25) is 0 Å². The molecule has 0 N–H and O–H groups in total. The maximum Gasteiger partial charge on any atom is 0.0879 e. The Hall–Kier alpha value is -2.12. The molecule has 156 valence electrons. The van der Waals surface area contributed by atoms with Crippen LogP contribution in [0.25, 0.3) is 0 Å². The molecule has 3 atom stereocenters. The van der Waals surface area contributed by atoms with Gasteiger partial charge in [-0.05, 0) is 40.5 Å². The largest absolute Gasteiger partial charge is 0.0879 e. The van der Waals surface area contributed by atoms with Gasteiger partial charge in [0.25, 0.3) is 0 Å². The average Bonchev–Trinajstić information content (AvgIpc) is 3.17. The zero-order valence-electron chi connectivity index (χ0n) is 19.7. The summed E-state index contributed by atoms with van der Waals surface area (Å²) in [5.74, 6) is 0.898. The molecule has 1 aromatic carbocycles. The van der Waals surface area contributed by atoms with Crippen LogP contribution in [-0.4, -0.2) is 8.07 Å². The Morgan fingerprint density at radius 1 is 0.900 bits per heavy atom. The van der Waals surface area contributed by atoms with Crippen LogP contribution in [0.3, 0.4) is 0 Å². The fourth-order valence-electron chi connectivity index (χ4n) is 5.74. The van der Waals surface area contributed by atoms with Crippen LogP contribution in [-0.2, 0) is 0 Å². The molecule has 4 rings (SSSR count). The summed E-state index contributed by atoms with van der Waals surface area (Å²) in [6.45, 7) is 17.0. The van der Waals surface area contributed by atoms with Crippen molar-refractivity contribution in [2.75, 3.05) is 0 Å². The second kappa shape index (κ2) is 7.53. The van der Waals surface area contributed by atoms with Crippen LogP contribution in [0.15, 0.2) is 100 Å². The van der Waals surface area contributed by atoms with Crippen LogP contribution in [0.2, 0.25) is 18.6 Å². The van der Waals surface area contributed by atoms with Crippen molar-refractivity contribution in [1.29, 1.82) is 0 Å². The molecule has 30 heavy (non-hydrogen) atoms. The van der Waals surface area contributed by atoms with Gasteiger partial charge in [-0.3, -0.25) is 0 Å². The van der Waals surface area contributed by atoms with Gasteiger partial charge in [-0.1, -0.05) is 124 Å². The minimum absolute atomic E-state index is 0.218. The fourth-order valence-corrected chi connectivity index (χ4v) is 10.1. The summed E-state index contributed by atoms with van der Waals surface area (Å²) < 4.78 is 0. The summed E-state index contributed by atoms with van der Waals surface area (Å²) in [4.78, 5) is 0. The van der Waals surface area contributed by atoms with Gasteiger partial charge >= 0.3 is 0 Å². The van der Waals surface area contributed by atoms with Gasteiger partial charge in [-0.15, -0.1) is 0 Å². The van der Waals surface area contributed by atoms with E-state index in [0.717, 1.165) is 0 Å². The van der Waals surface area contributed by atoms with Crippen molar-refractivity contribution in [2.24, 2.45) is 11.3 Å². The minimum atomic E-state index is -1.74. The highest BCUT2D eigenvalue weighted by Gasteiger charge is 2.44. The first kappa shape index (κ1) is 21.1. The van der Waals surface area contributed by atoms with E-state index in [4.69, 9.17) is 0 Å². The summed E-state index contributed by atoms with van der Waals surface area (Å²) in [5.41, 5.74) is 8.28. The Labute approximate surface area is 184 Å². The van der Waals surface area contributed by atoms with Crippen LogP contribution in [0, 0.1) is 11.3 Å². The summed E-state index contributed by atoms with van der Waals surface area (Å²) in [7, 11) is -1.74. The average molecular weight is 413 g/mol. The van der Waals surface area contributed by atoms with E-state index in [2.05, 4.69) is 121 Å². The van der Waals surface area contributed by atoms with Gasteiger partial charge in [0.15, 0.2) is 0 Å². The molecule has 0 spiro atoms. The SMILES string of the molecule is CC1=CC2=C(C=CC=CC2c2ccccc2)C1[Si](C)(C)C1=CC(C(C)(C)C)=CC1C. The van der Waals surface area contributed by atoms with E-state index in [-0.39, 0.29) is 5.41 Å². The molecular weight excluding hydrogens is 376 g/mol. The standard InChI is InChI=1S/C29H36Si/c1-20-17-23(29(3,4)5)19-27(20)30(6,7)28-21(2)18-26-24(15-11-12-16-25(26)28)22-13-9-8-10-14-22/h8-20,24,28H,1-7H3. The topological polar surface area (TPSA) is 0 Å². The molecular formula is C29H36Si. The molecule has 3 aliphatic carbocycles. The zero-order valence-corrected chi connectivity index (χ0v) is 20.7. The first-order chi connectivity index (χ1) is 14.1. The van der Waals surface area contributed by atoms with Crippen molar-refractivity contribution in [3.63, 3.8) is 0 Å². The third kappa shape index (κ3) is 3.58. The monoisotopic (exact) mass is 412 g/mol. The van der Waals surface area contributed by atoms with E-state index in [0.29, 0.717) is 17.4 Å². The van der Waals surface area contributed by atoms with Crippen molar-refractivity contribution >= 4 is 8.07 Å². The molecule has 3 aliphatic rings. The maximum absolute atomic E-state index is 2.59. The second-order valence-electron chi connectivity index (χ2n) is 10.8. The molecule has 0 radical (unpaired) electrons. The molecule has 0 nitrogen and oxygen atoms in total. The second-order valence-corrected chi connectivity index (χ2v) is 15.4. The minimum Gasteiger partial charge on any atom is -0.0743 e. The third-order valence-corrected chi connectivity index (χ3v) is 11.5. The zero-order chi connectivity index (χ0) is 21.7. The van der Waals surface area contributed by atoms with Gasteiger partial charge < -0.3 is 0 Å². The predicted octanol–water partition coefficient (Wildman–Crippen LogP) is 8.32. The first-order valence-electron chi connectivity index (χ1n) is 11.4. The fraction of sp³-hybridized carbons (Fsp3) is 0.379. The van der Waals surface area contributed by atoms with Crippen LogP contribution < -0.4 is 0 Å². The van der Waals surface area contributed by atoms with Crippen molar-refractivity contribution in [2.45, 2.75) is 59.2 Å². The first-order valence-corrected chi connectivity index (χ1v) is 14.4. The molecule has 0 aromatic heterocycles. The lowest BCUT2D eigenvalue weighted by molar-refractivity contribution is 0.516. The number of hydrogen-bond acceptors (Lipinski definition) is 0. The van der Waals surface area contributed by atoms with E-state index < -0.39 is 8.07 Å². The molecule has 0 fully saturated rings. The lowest BCUT2D eigenvalue weighted by atomic mass is 9.87. The van der Waals surface area contributed by atoms with Gasteiger partial charge in [-0.25, -0.2) is 0 Å². The Morgan fingerprint density at radius 2 is 1.60 bits per heavy atom. The summed E-state index contributed by atoms with van der Waals surface area (Å²) in [5, 5.41) is 1.71. The number of rotatable bonds is 3. The maximum atomic E-state index is 2.59. The van der Waals surface area contributed by atoms with E-state index in [1.54, 1.807) is 16.3 Å². The van der Waals surface area contributed by atoms with Crippen molar-refractivity contribution < 1.29 is 0 Å². The summed E-state index contributed by atoms with van der Waals surface area (Å²) >= 11 is 0. The molecule has 3 unspecified atom stereocenters. The molecule has 0 saturated carbocycles. The van der Waals surface area contributed by atoms with Gasteiger partial charge in [0.05, 0.1) is 8.07 Å². The molecule has 0 amide bonds. The molecule has 0 bridgehead atoms. The summed E-state index contributed by atoms with van der Waals surface area (Å²) in [6, 6.07) is 11.0. The third-order valence-electron chi connectivity index (χ3n) is 7.23. The quantitative estimate of drug-likeness (QED) is 0.438. The highest BCUT2D eigenvalue weighted by Crippen LogP contribution is 2.53. The number of allylic oxidation sites excluding steroid dienone is 12. The number of hydrogen-bond donors (Lipinski definition) is 0. The lowest BCUT2D eigenvalue weighted by Gasteiger charge is -2.36. The highest BCUT2D eigenvalue weighted by molar-refractivity contribution is 6.87. The van der Waals surface area contributed by atoms with Crippen LogP contribution in [0.1, 0.15) is 46.1 Å². The van der Waals surface area contributed by atoms with Crippen molar-refractivity contribution in [3.8, 4) is 0 Å². The number of benzene rings is 1. The molecule has 0 heterocycles. The lowest BCUT2D eigenvalue weighted by Crippen LogP contribution is -2.38. The van der Waals surface area contributed by atoms with Gasteiger partial charge in [0.1, 0.15) is 0 Å². The van der Waals surface area contributed by atoms with Crippen LogP contribution in [0.5, 0.6) is 0 Å². The van der Waals surface area contributed by atoms with Crippen molar-refractivity contribution in [1.82, 2.24) is 0 Å². The smallest absolute Gasteiger partial charge is 0.0743 e. The highest BCUT2D eigenvalue weighted by atomic mass is 28.3. The van der Waals surface area contributed by atoms with E-state index in [1.165, 1.54) is 16.7 Å². The van der Waals surface area contributed by atoms with Crippen LogP contribution >= 0.6 is 0 Å².